The predicted octanol–water partition coefficient (Wildman–Crippen LogP) is 3.54. The minimum atomic E-state index is -3.94. The number of nitro benzene ring substituents is 1. The molecule has 10 heteroatoms. The monoisotopic (exact) mass is 463 g/mol. The summed E-state index contributed by atoms with van der Waals surface area (Å²) >= 11 is 0. The SMILES string of the molecule is COc1ccc([N+](=O)[O-])cc1N(CC(=O)NC(C)c1ccc(C(C)(C)C)cc1)S(C)(=O)=O. The third-order valence-corrected chi connectivity index (χ3v) is 6.11. The summed E-state index contributed by atoms with van der Waals surface area (Å²) in [6, 6.07) is 11.0. The highest BCUT2D eigenvalue weighted by atomic mass is 32.2. The number of nitrogens with zero attached hydrogens (tertiary/aromatic N) is 2. The second-order valence-electron chi connectivity index (χ2n) is 8.54. The summed E-state index contributed by atoms with van der Waals surface area (Å²) in [5.41, 5.74) is 1.62. The van der Waals surface area contributed by atoms with E-state index in [2.05, 4.69) is 26.1 Å². The Morgan fingerprint density at radius 3 is 2.25 bits per heavy atom. The molecule has 0 bridgehead atoms. The van der Waals surface area contributed by atoms with E-state index in [0.29, 0.717) is 0 Å². The standard InChI is InChI=1S/C22H29N3O6S/c1-15(16-7-9-17(10-8-16)22(2,3)4)23-21(26)14-24(32(6,29)30)19-13-18(25(27)28)11-12-20(19)31-5/h7-13,15H,14H2,1-6H3,(H,23,26). The number of hydrogen-bond donors (Lipinski definition) is 1. The van der Waals surface area contributed by atoms with Crippen molar-refractivity contribution in [3.63, 3.8) is 0 Å². The number of nitro groups is 1. The van der Waals surface area contributed by atoms with Gasteiger partial charge in [0.2, 0.25) is 15.9 Å². The van der Waals surface area contributed by atoms with Crippen molar-refractivity contribution < 1.29 is 22.9 Å². The number of anilines is 1. The van der Waals surface area contributed by atoms with Crippen LogP contribution in [0.15, 0.2) is 42.5 Å². The molecular weight excluding hydrogens is 434 g/mol. The third-order valence-electron chi connectivity index (χ3n) is 4.98. The maximum absolute atomic E-state index is 12.7. The number of ether oxygens (including phenoxy) is 1. The maximum atomic E-state index is 12.7. The Morgan fingerprint density at radius 1 is 1.19 bits per heavy atom. The molecule has 0 heterocycles. The smallest absolute Gasteiger partial charge is 0.271 e. The average Bonchev–Trinajstić information content (AvgIpc) is 2.70. The van der Waals surface area contributed by atoms with Crippen LogP contribution in [0, 0.1) is 10.1 Å². The van der Waals surface area contributed by atoms with Gasteiger partial charge in [-0.1, -0.05) is 45.0 Å². The van der Waals surface area contributed by atoms with E-state index in [1.807, 2.05) is 24.3 Å². The van der Waals surface area contributed by atoms with Crippen LogP contribution in [0.1, 0.15) is 44.9 Å². The number of methoxy groups -OCH3 is 1. The number of non-ortho nitro benzene ring substituents is 1. The summed E-state index contributed by atoms with van der Waals surface area (Å²) < 4.78 is 30.8. The van der Waals surface area contributed by atoms with Gasteiger partial charge in [-0.05, 0) is 29.5 Å². The molecule has 1 amide bonds. The topological polar surface area (TPSA) is 119 Å². The van der Waals surface area contributed by atoms with E-state index < -0.39 is 27.4 Å². The largest absolute Gasteiger partial charge is 0.495 e. The zero-order valence-corrected chi connectivity index (χ0v) is 19.9. The minimum Gasteiger partial charge on any atom is -0.495 e. The van der Waals surface area contributed by atoms with Crippen molar-refractivity contribution in [1.29, 1.82) is 0 Å². The molecule has 0 aromatic heterocycles. The summed E-state index contributed by atoms with van der Waals surface area (Å²) in [7, 11) is -2.63. The van der Waals surface area contributed by atoms with Crippen LogP contribution in [0.25, 0.3) is 0 Å². The van der Waals surface area contributed by atoms with Crippen molar-refractivity contribution in [3.05, 3.63) is 63.7 Å². The molecule has 32 heavy (non-hydrogen) atoms. The Hall–Kier alpha value is -3.14. The number of carbonyl (C=O) groups excluding carboxylic acids is 1. The number of sulfonamides is 1. The van der Waals surface area contributed by atoms with E-state index in [9.17, 15) is 23.3 Å². The number of nitrogens with one attached hydrogen (secondary N) is 1. The number of rotatable bonds is 8. The number of benzene rings is 2. The quantitative estimate of drug-likeness (QED) is 0.472. The summed E-state index contributed by atoms with van der Waals surface area (Å²) in [5.74, 6) is -0.462. The fourth-order valence-electron chi connectivity index (χ4n) is 3.14. The lowest BCUT2D eigenvalue weighted by molar-refractivity contribution is -0.384. The maximum Gasteiger partial charge on any atom is 0.271 e. The molecule has 1 unspecified atom stereocenters. The van der Waals surface area contributed by atoms with Crippen LogP contribution in [-0.4, -0.2) is 39.2 Å². The first-order valence-corrected chi connectivity index (χ1v) is 11.8. The van der Waals surface area contributed by atoms with Gasteiger partial charge in [0, 0.05) is 12.1 Å². The van der Waals surface area contributed by atoms with E-state index in [0.717, 1.165) is 27.8 Å². The van der Waals surface area contributed by atoms with Crippen LogP contribution in [-0.2, 0) is 20.2 Å². The molecule has 0 aliphatic heterocycles. The third kappa shape index (κ3) is 6.19. The Kier molecular flexibility index (Phi) is 7.50. The first-order chi connectivity index (χ1) is 14.7. The van der Waals surface area contributed by atoms with Gasteiger partial charge in [0.25, 0.3) is 5.69 Å². The van der Waals surface area contributed by atoms with Crippen molar-refractivity contribution in [2.45, 2.75) is 39.2 Å². The van der Waals surface area contributed by atoms with Crippen LogP contribution in [0.2, 0.25) is 0 Å². The second kappa shape index (κ2) is 9.56. The lowest BCUT2D eigenvalue weighted by atomic mass is 9.86. The molecule has 0 aliphatic carbocycles. The first kappa shape index (κ1) is 25.1. The molecule has 2 aromatic carbocycles. The van der Waals surface area contributed by atoms with Crippen LogP contribution in [0.3, 0.4) is 0 Å². The summed E-state index contributed by atoms with van der Waals surface area (Å²) in [6.45, 7) is 7.56. The zero-order chi connectivity index (χ0) is 24.3. The van der Waals surface area contributed by atoms with Crippen molar-refractivity contribution in [1.82, 2.24) is 5.32 Å². The van der Waals surface area contributed by atoms with Crippen molar-refractivity contribution >= 4 is 27.3 Å². The van der Waals surface area contributed by atoms with Crippen molar-refractivity contribution in [2.24, 2.45) is 0 Å². The molecule has 0 spiro atoms. The van der Waals surface area contributed by atoms with E-state index in [1.54, 1.807) is 6.92 Å². The van der Waals surface area contributed by atoms with Gasteiger partial charge in [-0.25, -0.2) is 8.42 Å². The number of amides is 1. The number of hydrogen-bond acceptors (Lipinski definition) is 6. The van der Waals surface area contributed by atoms with Crippen LogP contribution in [0.5, 0.6) is 5.75 Å². The van der Waals surface area contributed by atoms with Gasteiger partial charge < -0.3 is 10.1 Å². The van der Waals surface area contributed by atoms with E-state index >= 15 is 0 Å². The lowest BCUT2D eigenvalue weighted by Gasteiger charge is -2.25. The zero-order valence-electron chi connectivity index (χ0n) is 19.1. The van der Waals surface area contributed by atoms with Gasteiger partial charge in [-0.2, -0.15) is 0 Å². The van der Waals surface area contributed by atoms with Gasteiger partial charge >= 0.3 is 0 Å². The summed E-state index contributed by atoms with van der Waals surface area (Å²) in [5, 5.41) is 13.9. The van der Waals surface area contributed by atoms with Crippen LogP contribution < -0.4 is 14.4 Å². The molecule has 0 fully saturated rings. The lowest BCUT2D eigenvalue weighted by Crippen LogP contribution is -2.41. The normalized spacial score (nSPS) is 12.7. The highest BCUT2D eigenvalue weighted by Crippen LogP contribution is 2.33. The highest BCUT2D eigenvalue weighted by Gasteiger charge is 2.27. The van der Waals surface area contributed by atoms with Gasteiger partial charge in [0.05, 0.1) is 24.3 Å². The van der Waals surface area contributed by atoms with E-state index in [-0.39, 0.29) is 28.6 Å². The molecule has 9 nitrogen and oxygen atoms in total. The molecule has 0 aliphatic rings. The Balaban J connectivity index is 2.26. The van der Waals surface area contributed by atoms with Gasteiger partial charge in [0.1, 0.15) is 18.0 Å². The number of carbonyl (C=O) groups is 1. The predicted molar refractivity (Wildman–Crippen MR) is 124 cm³/mol. The van der Waals surface area contributed by atoms with Crippen LogP contribution in [0.4, 0.5) is 11.4 Å². The summed E-state index contributed by atoms with van der Waals surface area (Å²) in [4.78, 5) is 23.2. The summed E-state index contributed by atoms with van der Waals surface area (Å²) in [6.07, 6.45) is 0.924. The van der Waals surface area contributed by atoms with Crippen LogP contribution >= 0.6 is 0 Å². The first-order valence-electron chi connectivity index (χ1n) is 9.94. The molecule has 174 valence electrons. The molecule has 1 atom stereocenters. The fourth-order valence-corrected chi connectivity index (χ4v) is 3.99. The molecule has 1 N–H and O–H groups in total. The van der Waals surface area contributed by atoms with Crippen molar-refractivity contribution in [3.8, 4) is 5.75 Å². The highest BCUT2D eigenvalue weighted by molar-refractivity contribution is 7.92. The second-order valence-corrected chi connectivity index (χ2v) is 10.5. The molecule has 2 aromatic rings. The molecule has 0 saturated carbocycles. The minimum absolute atomic E-state index is 0.00163. The van der Waals surface area contributed by atoms with Gasteiger partial charge in [0.15, 0.2) is 0 Å². The molecule has 0 radical (unpaired) electrons. The Labute approximate surface area is 188 Å². The molecule has 2 rings (SSSR count). The van der Waals surface area contributed by atoms with Gasteiger partial charge in [-0.15, -0.1) is 0 Å². The van der Waals surface area contributed by atoms with Crippen molar-refractivity contribution in [2.75, 3.05) is 24.2 Å². The van der Waals surface area contributed by atoms with Gasteiger partial charge in [-0.3, -0.25) is 19.2 Å². The Bertz CT molecular complexity index is 1090. The molecule has 0 saturated heterocycles. The fraction of sp³-hybridized carbons (Fsp3) is 0.409. The Morgan fingerprint density at radius 2 is 1.78 bits per heavy atom. The molecular formula is C22H29N3O6S. The van der Waals surface area contributed by atoms with E-state index in [1.165, 1.54) is 19.2 Å². The van der Waals surface area contributed by atoms with E-state index in [4.69, 9.17) is 4.74 Å². The average molecular weight is 464 g/mol.